The first-order valence-electron chi connectivity index (χ1n) is 4.94. The molecule has 2 aliphatic heterocycles. The van der Waals surface area contributed by atoms with E-state index in [2.05, 4.69) is 21.6 Å². The van der Waals surface area contributed by atoms with E-state index in [-0.39, 0.29) is 5.54 Å². The zero-order valence-electron chi connectivity index (χ0n) is 7.86. The summed E-state index contributed by atoms with van der Waals surface area (Å²) in [5.41, 5.74) is 0.942. The van der Waals surface area contributed by atoms with Crippen LogP contribution in [0.25, 0.3) is 0 Å². The zero-order chi connectivity index (χ0) is 9.43. The lowest BCUT2D eigenvalue weighted by Gasteiger charge is -2.33. The average molecular weight is 190 g/mol. The Kier molecular flexibility index (Phi) is 1.78. The Hall–Kier alpha value is -1.00. The predicted octanol–water partition coefficient (Wildman–Crippen LogP) is 0.254. The van der Waals surface area contributed by atoms with Crippen molar-refractivity contribution in [2.45, 2.75) is 24.4 Å². The molecular weight excluding hydrogens is 178 g/mol. The van der Waals surface area contributed by atoms with Gasteiger partial charge in [-0.05, 0) is 18.9 Å². The second-order valence-corrected chi connectivity index (χ2v) is 4.02. The van der Waals surface area contributed by atoms with Crippen molar-refractivity contribution in [1.29, 1.82) is 0 Å². The Balaban J connectivity index is 1.97. The Morgan fingerprint density at radius 3 is 3.50 bits per heavy atom. The van der Waals surface area contributed by atoms with Crippen molar-refractivity contribution in [2.75, 3.05) is 13.2 Å². The molecule has 2 fully saturated rings. The van der Waals surface area contributed by atoms with Gasteiger partial charge in [-0.15, -0.1) is 0 Å². The van der Waals surface area contributed by atoms with Gasteiger partial charge in [0.05, 0.1) is 24.4 Å². The molecule has 3 rings (SSSR count). The smallest absolute Gasteiger partial charge is 0.198 e. The summed E-state index contributed by atoms with van der Waals surface area (Å²) >= 11 is 0. The molecule has 0 aliphatic carbocycles. The van der Waals surface area contributed by atoms with Crippen molar-refractivity contribution >= 4 is 0 Å². The third kappa shape index (κ3) is 1.14. The third-order valence-electron chi connectivity index (χ3n) is 3.09. The molecule has 1 radical (unpaired) electrons. The molecule has 14 heavy (non-hydrogen) atoms. The highest BCUT2D eigenvalue weighted by Gasteiger charge is 2.44. The second-order valence-electron chi connectivity index (χ2n) is 4.02. The highest BCUT2D eigenvalue weighted by molar-refractivity contribution is 5.18. The van der Waals surface area contributed by atoms with E-state index in [0.717, 1.165) is 18.7 Å². The topological polar surface area (TPSA) is 47.0 Å². The maximum absolute atomic E-state index is 5.58. The lowest BCUT2D eigenvalue weighted by atomic mass is 9.94. The van der Waals surface area contributed by atoms with Crippen LogP contribution in [0.15, 0.2) is 12.3 Å². The average Bonchev–Trinajstić information content (AvgIpc) is 2.57. The predicted molar refractivity (Wildman–Crippen MR) is 49.5 cm³/mol. The minimum absolute atomic E-state index is 0.0671. The van der Waals surface area contributed by atoms with E-state index in [9.17, 15) is 0 Å². The number of nitrogens with zero attached hydrogens (tertiary/aromatic N) is 2. The number of hydrogen-bond donors (Lipinski definition) is 1. The Bertz CT molecular complexity index is 325. The first-order chi connectivity index (χ1) is 6.89. The molecule has 2 atom stereocenters. The molecule has 1 aromatic rings. The monoisotopic (exact) mass is 190 g/mol. The number of rotatable bonds is 1. The zero-order valence-corrected chi connectivity index (χ0v) is 7.86. The molecule has 2 bridgehead atoms. The first kappa shape index (κ1) is 8.32. The quantitative estimate of drug-likeness (QED) is 0.689. The number of hydrogen-bond acceptors (Lipinski definition) is 4. The number of morpholine rings is 1. The highest BCUT2D eigenvalue weighted by atomic mass is 16.5. The first-order valence-corrected chi connectivity index (χ1v) is 4.94. The van der Waals surface area contributed by atoms with Crippen molar-refractivity contribution < 1.29 is 4.74 Å². The van der Waals surface area contributed by atoms with Gasteiger partial charge >= 0.3 is 0 Å². The van der Waals surface area contributed by atoms with E-state index in [4.69, 9.17) is 4.74 Å². The summed E-state index contributed by atoms with van der Waals surface area (Å²) in [6.45, 7) is 1.55. The van der Waals surface area contributed by atoms with Crippen LogP contribution >= 0.6 is 0 Å². The van der Waals surface area contributed by atoms with Crippen LogP contribution < -0.4 is 5.32 Å². The van der Waals surface area contributed by atoms with Gasteiger partial charge in [0.1, 0.15) is 0 Å². The van der Waals surface area contributed by atoms with E-state index in [1.54, 1.807) is 6.20 Å². The fraction of sp³-hybridized carbons (Fsp3) is 0.600. The van der Waals surface area contributed by atoms with Crippen LogP contribution in [0.2, 0.25) is 0 Å². The summed E-state index contributed by atoms with van der Waals surface area (Å²) in [7, 11) is 0. The maximum atomic E-state index is 5.58. The van der Waals surface area contributed by atoms with Gasteiger partial charge < -0.3 is 4.74 Å². The van der Waals surface area contributed by atoms with Gasteiger partial charge in [-0.1, -0.05) is 0 Å². The van der Waals surface area contributed by atoms with Gasteiger partial charge in [-0.25, -0.2) is 9.97 Å². The SMILES string of the molecule is [c]1nccc(C23CCC(COC2)N3)n1. The number of ether oxygens (including phenoxy) is 1. The Morgan fingerprint density at radius 1 is 1.64 bits per heavy atom. The molecule has 4 heteroatoms. The number of nitrogens with one attached hydrogen (secondary N) is 1. The fourth-order valence-electron chi connectivity index (χ4n) is 2.37. The normalized spacial score (nSPS) is 35.9. The minimum atomic E-state index is -0.0671. The summed E-state index contributed by atoms with van der Waals surface area (Å²) in [4.78, 5) is 8.01. The van der Waals surface area contributed by atoms with Crippen LogP contribution in [-0.4, -0.2) is 29.2 Å². The highest BCUT2D eigenvalue weighted by Crippen LogP contribution is 2.35. The molecule has 1 N–H and O–H groups in total. The maximum Gasteiger partial charge on any atom is 0.198 e. The van der Waals surface area contributed by atoms with Crippen LogP contribution in [0.5, 0.6) is 0 Å². The van der Waals surface area contributed by atoms with Gasteiger partial charge in [-0.2, -0.15) is 0 Å². The summed E-state index contributed by atoms with van der Waals surface area (Å²) in [6, 6.07) is 2.44. The molecule has 0 amide bonds. The molecule has 73 valence electrons. The summed E-state index contributed by atoms with van der Waals surface area (Å²) in [5, 5.41) is 3.58. The van der Waals surface area contributed by atoms with Crippen molar-refractivity contribution in [3.63, 3.8) is 0 Å². The van der Waals surface area contributed by atoms with Crippen LogP contribution in [0.3, 0.4) is 0 Å². The number of aromatic nitrogens is 2. The second kappa shape index (κ2) is 3.00. The van der Waals surface area contributed by atoms with Crippen molar-refractivity contribution in [3.8, 4) is 0 Å². The standard InChI is InChI=1S/C10H12N3O/c1-3-10(6-14-5-8(1)13-10)9-2-4-11-7-12-9/h2,4,8,13H,1,3,5-6H2. The fourth-order valence-corrected chi connectivity index (χ4v) is 2.37. The van der Waals surface area contributed by atoms with E-state index in [1.807, 2.05) is 6.07 Å². The molecule has 2 saturated heterocycles. The van der Waals surface area contributed by atoms with Crippen LogP contribution in [0.1, 0.15) is 18.5 Å². The van der Waals surface area contributed by atoms with Crippen molar-refractivity contribution in [2.24, 2.45) is 0 Å². The molecule has 4 nitrogen and oxygen atoms in total. The van der Waals surface area contributed by atoms with Gasteiger partial charge in [-0.3, -0.25) is 5.32 Å². The number of fused-ring (bicyclic) bond motifs is 2. The Morgan fingerprint density at radius 2 is 2.64 bits per heavy atom. The van der Waals surface area contributed by atoms with Gasteiger partial charge in [0.15, 0.2) is 6.33 Å². The lowest BCUT2D eigenvalue weighted by Crippen LogP contribution is -2.50. The van der Waals surface area contributed by atoms with Crippen LogP contribution in [0, 0.1) is 6.33 Å². The van der Waals surface area contributed by atoms with Crippen molar-refractivity contribution in [1.82, 2.24) is 15.3 Å². The summed E-state index contributed by atoms with van der Waals surface area (Å²) in [6.07, 6.45) is 6.65. The van der Waals surface area contributed by atoms with E-state index in [0.29, 0.717) is 12.6 Å². The largest absolute Gasteiger partial charge is 0.377 e. The van der Waals surface area contributed by atoms with Gasteiger partial charge in [0.25, 0.3) is 0 Å². The summed E-state index contributed by atoms with van der Waals surface area (Å²) in [5.74, 6) is 0. The van der Waals surface area contributed by atoms with Crippen molar-refractivity contribution in [3.05, 3.63) is 24.3 Å². The summed E-state index contributed by atoms with van der Waals surface area (Å²) < 4.78 is 5.58. The molecular formula is C10H12N3O. The molecule has 1 aromatic heterocycles. The van der Waals surface area contributed by atoms with Gasteiger partial charge in [0.2, 0.25) is 0 Å². The van der Waals surface area contributed by atoms with E-state index in [1.165, 1.54) is 6.42 Å². The lowest BCUT2D eigenvalue weighted by molar-refractivity contribution is 0.0270. The van der Waals surface area contributed by atoms with E-state index >= 15 is 0 Å². The van der Waals surface area contributed by atoms with Crippen LogP contribution in [0.4, 0.5) is 0 Å². The molecule has 2 aliphatic rings. The molecule has 3 heterocycles. The molecule has 2 unspecified atom stereocenters. The minimum Gasteiger partial charge on any atom is -0.377 e. The molecule has 0 spiro atoms. The molecule has 0 aromatic carbocycles. The van der Waals surface area contributed by atoms with E-state index < -0.39 is 0 Å². The Labute approximate surface area is 82.7 Å². The molecule has 0 saturated carbocycles. The van der Waals surface area contributed by atoms with Crippen LogP contribution in [-0.2, 0) is 10.3 Å². The van der Waals surface area contributed by atoms with Gasteiger partial charge in [0, 0.05) is 12.2 Å². The third-order valence-corrected chi connectivity index (χ3v) is 3.09.